The zero-order valence-corrected chi connectivity index (χ0v) is 10.6. The highest BCUT2D eigenvalue weighted by molar-refractivity contribution is 6.02. The maximum atomic E-state index is 4.38. The second-order valence-electron chi connectivity index (χ2n) is 4.15. The molecule has 0 rings (SSSR count). The molecule has 1 heteroatoms. The topological polar surface area (TPSA) is 12.4 Å². The van der Waals surface area contributed by atoms with E-state index in [2.05, 4.69) is 51.4 Å². The van der Waals surface area contributed by atoms with Gasteiger partial charge in [-0.3, -0.25) is 4.99 Å². The Kier molecular flexibility index (Phi) is 6.68. The number of nitrogens with zero attached hydrogens (tertiary/aromatic N) is 1. The third-order valence-corrected chi connectivity index (χ3v) is 2.16. The Labute approximate surface area is 94.3 Å². The van der Waals surface area contributed by atoms with E-state index in [9.17, 15) is 0 Å². The van der Waals surface area contributed by atoms with Crippen LogP contribution in [0.3, 0.4) is 0 Å². The lowest BCUT2D eigenvalue weighted by Crippen LogP contribution is -2.14. The van der Waals surface area contributed by atoms with Crippen molar-refractivity contribution in [2.75, 3.05) is 0 Å². The molecular weight excluding hydrogens is 182 g/mol. The molecule has 0 spiro atoms. The predicted octanol–water partition coefficient (Wildman–Crippen LogP) is 4.39. The summed E-state index contributed by atoms with van der Waals surface area (Å²) in [6.07, 6.45) is 7.87. The molecule has 0 atom stereocenters. The molecule has 15 heavy (non-hydrogen) atoms. The molecule has 0 unspecified atom stereocenters. The normalized spacial score (nSPS) is 14.3. The van der Waals surface area contributed by atoms with Gasteiger partial charge in [0.1, 0.15) is 0 Å². The van der Waals surface area contributed by atoms with E-state index in [1.165, 1.54) is 5.57 Å². The molecule has 0 radical (unpaired) electrons. The fourth-order valence-corrected chi connectivity index (χ4v) is 1.43. The minimum atomic E-state index is 0.432. The molecule has 0 aromatic rings. The molecule has 0 amide bonds. The van der Waals surface area contributed by atoms with E-state index in [1.54, 1.807) is 6.20 Å². The summed E-state index contributed by atoms with van der Waals surface area (Å²) >= 11 is 0. The van der Waals surface area contributed by atoms with Gasteiger partial charge in [0.05, 0.1) is 0 Å². The van der Waals surface area contributed by atoms with E-state index in [0.29, 0.717) is 11.8 Å². The zero-order chi connectivity index (χ0) is 11.8. The van der Waals surface area contributed by atoms with Gasteiger partial charge in [0, 0.05) is 11.9 Å². The van der Waals surface area contributed by atoms with Crippen molar-refractivity contribution in [2.45, 2.75) is 34.6 Å². The van der Waals surface area contributed by atoms with Gasteiger partial charge in [-0.05, 0) is 24.3 Å². The lowest BCUT2D eigenvalue weighted by atomic mass is 9.91. The van der Waals surface area contributed by atoms with Gasteiger partial charge in [-0.2, -0.15) is 0 Å². The van der Waals surface area contributed by atoms with E-state index in [0.717, 1.165) is 5.71 Å². The van der Waals surface area contributed by atoms with Crippen molar-refractivity contribution in [3.8, 4) is 0 Å². The van der Waals surface area contributed by atoms with Crippen LogP contribution in [0.5, 0.6) is 0 Å². The Morgan fingerprint density at radius 2 is 1.73 bits per heavy atom. The first-order valence-electron chi connectivity index (χ1n) is 5.56. The van der Waals surface area contributed by atoms with Crippen molar-refractivity contribution >= 4 is 5.71 Å². The largest absolute Gasteiger partial charge is 0.261 e. The van der Waals surface area contributed by atoms with Crippen molar-refractivity contribution in [1.29, 1.82) is 0 Å². The van der Waals surface area contributed by atoms with Crippen LogP contribution in [0, 0.1) is 11.8 Å². The summed E-state index contributed by atoms with van der Waals surface area (Å²) in [5, 5.41) is 0. The summed E-state index contributed by atoms with van der Waals surface area (Å²) in [7, 11) is 0. The molecule has 0 aromatic carbocycles. The number of rotatable bonds is 5. The van der Waals surface area contributed by atoms with Crippen molar-refractivity contribution in [3.63, 3.8) is 0 Å². The van der Waals surface area contributed by atoms with Crippen LogP contribution in [-0.2, 0) is 0 Å². The summed E-state index contributed by atoms with van der Waals surface area (Å²) in [4.78, 5) is 4.38. The van der Waals surface area contributed by atoms with E-state index in [-0.39, 0.29) is 0 Å². The molecule has 0 saturated heterocycles. The number of aliphatic imine (C=N–C) groups is 1. The summed E-state index contributed by atoms with van der Waals surface area (Å²) in [5.41, 5.74) is 2.43. The van der Waals surface area contributed by atoms with E-state index in [4.69, 9.17) is 0 Å². The van der Waals surface area contributed by atoms with E-state index in [1.807, 2.05) is 13.0 Å². The van der Waals surface area contributed by atoms with Crippen LogP contribution in [0.1, 0.15) is 34.6 Å². The number of hydrogen-bond acceptors (Lipinski definition) is 1. The Hall–Kier alpha value is -1.11. The lowest BCUT2D eigenvalue weighted by molar-refractivity contribution is 0.774. The summed E-state index contributed by atoms with van der Waals surface area (Å²) < 4.78 is 0. The van der Waals surface area contributed by atoms with Crippen LogP contribution >= 0.6 is 0 Å². The molecule has 0 aliphatic heterocycles. The molecule has 0 saturated carbocycles. The SMILES string of the molecule is C=C/N=C(/C(=C\C=C/C)C(C)C)C(C)C. The molecule has 0 aromatic heterocycles. The summed E-state index contributed by atoms with van der Waals surface area (Å²) in [5.74, 6) is 0.921. The standard InChI is InChI=1S/C14H23N/c1-7-9-10-13(11(3)4)14(12(5)6)15-8-2/h7-12H,2H2,1,3-6H3/b9-7-,13-10-,15-14+. The molecule has 0 fully saturated rings. The van der Waals surface area contributed by atoms with Gasteiger partial charge in [0.15, 0.2) is 0 Å². The van der Waals surface area contributed by atoms with Gasteiger partial charge < -0.3 is 0 Å². The van der Waals surface area contributed by atoms with Crippen molar-refractivity contribution in [1.82, 2.24) is 0 Å². The van der Waals surface area contributed by atoms with Crippen LogP contribution in [0.2, 0.25) is 0 Å². The predicted molar refractivity (Wildman–Crippen MR) is 70.2 cm³/mol. The third kappa shape index (κ3) is 4.78. The number of allylic oxidation sites excluding steroid dienone is 4. The van der Waals surface area contributed by atoms with Crippen molar-refractivity contribution in [3.05, 3.63) is 36.6 Å². The summed E-state index contributed by atoms with van der Waals surface area (Å²) in [6, 6.07) is 0. The van der Waals surface area contributed by atoms with Crippen LogP contribution in [0.4, 0.5) is 0 Å². The van der Waals surface area contributed by atoms with Gasteiger partial charge in [0.25, 0.3) is 0 Å². The first-order chi connectivity index (χ1) is 7.04. The first-order valence-corrected chi connectivity index (χ1v) is 5.56. The molecular formula is C14H23N. The van der Waals surface area contributed by atoms with Crippen LogP contribution < -0.4 is 0 Å². The second kappa shape index (κ2) is 7.22. The lowest BCUT2D eigenvalue weighted by Gasteiger charge is -2.16. The molecule has 0 N–H and O–H groups in total. The van der Waals surface area contributed by atoms with Crippen molar-refractivity contribution in [2.24, 2.45) is 16.8 Å². The molecule has 84 valence electrons. The smallest absolute Gasteiger partial charge is 0.0463 e. The van der Waals surface area contributed by atoms with Gasteiger partial charge in [-0.15, -0.1) is 0 Å². The fraction of sp³-hybridized carbons (Fsp3) is 0.500. The zero-order valence-electron chi connectivity index (χ0n) is 10.6. The highest BCUT2D eigenvalue weighted by Crippen LogP contribution is 2.17. The minimum Gasteiger partial charge on any atom is -0.261 e. The Morgan fingerprint density at radius 1 is 1.13 bits per heavy atom. The Balaban J connectivity index is 5.20. The first kappa shape index (κ1) is 13.9. The second-order valence-corrected chi connectivity index (χ2v) is 4.15. The van der Waals surface area contributed by atoms with Gasteiger partial charge in [0.2, 0.25) is 0 Å². The van der Waals surface area contributed by atoms with E-state index < -0.39 is 0 Å². The van der Waals surface area contributed by atoms with Crippen LogP contribution in [0.25, 0.3) is 0 Å². The molecule has 0 heterocycles. The molecule has 0 aliphatic carbocycles. The summed E-state index contributed by atoms with van der Waals surface area (Å²) in [6.45, 7) is 14.4. The van der Waals surface area contributed by atoms with Crippen molar-refractivity contribution < 1.29 is 0 Å². The quantitative estimate of drug-likeness (QED) is 0.466. The third-order valence-electron chi connectivity index (χ3n) is 2.16. The maximum Gasteiger partial charge on any atom is 0.0463 e. The maximum absolute atomic E-state index is 4.38. The molecule has 0 bridgehead atoms. The van der Waals surface area contributed by atoms with Crippen LogP contribution in [-0.4, -0.2) is 5.71 Å². The monoisotopic (exact) mass is 205 g/mol. The minimum absolute atomic E-state index is 0.432. The van der Waals surface area contributed by atoms with Gasteiger partial charge >= 0.3 is 0 Å². The van der Waals surface area contributed by atoms with Gasteiger partial charge in [-0.25, -0.2) is 0 Å². The van der Waals surface area contributed by atoms with E-state index >= 15 is 0 Å². The van der Waals surface area contributed by atoms with Crippen LogP contribution in [0.15, 0.2) is 41.6 Å². The highest BCUT2D eigenvalue weighted by atomic mass is 14.7. The Morgan fingerprint density at radius 3 is 2.07 bits per heavy atom. The average molecular weight is 205 g/mol. The number of hydrogen-bond donors (Lipinski definition) is 0. The Bertz CT molecular complexity index is 278. The fourth-order valence-electron chi connectivity index (χ4n) is 1.43. The highest BCUT2D eigenvalue weighted by Gasteiger charge is 2.13. The van der Waals surface area contributed by atoms with Gasteiger partial charge in [-0.1, -0.05) is 52.5 Å². The average Bonchev–Trinajstić information content (AvgIpc) is 2.16. The molecule has 1 nitrogen and oxygen atoms in total. The molecule has 0 aliphatic rings.